The first-order chi connectivity index (χ1) is 12.5. The first-order valence-corrected chi connectivity index (χ1v) is 8.19. The Hall–Kier alpha value is -3.19. The fourth-order valence-corrected chi connectivity index (χ4v) is 2.65. The zero-order chi connectivity index (χ0) is 18.5. The van der Waals surface area contributed by atoms with E-state index >= 15 is 0 Å². The molecule has 0 saturated heterocycles. The molecular weight excluding hydrogens is 356 g/mol. The third kappa shape index (κ3) is 4.25. The molecule has 3 aromatic rings. The van der Waals surface area contributed by atoms with Gasteiger partial charge >= 0.3 is 0 Å². The van der Waals surface area contributed by atoms with Crippen molar-refractivity contribution in [1.29, 1.82) is 0 Å². The number of benzene rings is 2. The van der Waals surface area contributed by atoms with Crippen LogP contribution in [0.4, 0.5) is 11.5 Å². The summed E-state index contributed by atoms with van der Waals surface area (Å²) in [5.41, 5.74) is 1.27. The molecule has 0 radical (unpaired) electrons. The number of nitro benzene ring substituents is 1. The predicted molar refractivity (Wildman–Crippen MR) is 98.2 cm³/mol. The van der Waals surface area contributed by atoms with E-state index in [2.05, 4.69) is 10.4 Å². The predicted octanol–water partition coefficient (Wildman–Crippen LogP) is 3.67. The molecule has 0 fully saturated rings. The minimum Gasteiger partial charge on any atom is -0.311 e. The van der Waals surface area contributed by atoms with Crippen molar-refractivity contribution < 1.29 is 9.72 Å². The molecule has 26 heavy (non-hydrogen) atoms. The second-order valence-electron chi connectivity index (χ2n) is 5.61. The summed E-state index contributed by atoms with van der Waals surface area (Å²) in [4.78, 5) is 22.9. The number of nitrogens with zero attached hydrogens (tertiary/aromatic N) is 3. The van der Waals surface area contributed by atoms with Gasteiger partial charge < -0.3 is 5.32 Å². The lowest BCUT2D eigenvalue weighted by atomic mass is 10.1. The minimum absolute atomic E-state index is 0.0719. The molecule has 0 atom stereocenters. The molecule has 1 amide bonds. The zero-order valence-corrected chi connectivity index (χ0v) is 14.4. The van der Waals surface area contributed by atoms with Gasteiger partial charge in [0.25, 0.3) is 5.69 Å². The average Bonchev–Trinajstić information content (AvgIpc) is 3.04. The maximum absolute atomic E-state index is 12.3. The molecule has 2 aromatic carbocycles. The molecule has 132 valence electrons. The molecular formula is C18H15ClN4O3. The summed E-state index contributed by atoms with van der Waals surface area (Å²) in [6, 6.07) is 15.2. The van der Waals surface area contributed by atoms with E-state index in [0.29, 0.717) is 22.9 Å². The van der Waals surface area contributed by atoms with Crippen LogP contribution in [0.2, 0.25) is 5.02 Å². The number of halogens is 1. The standard InChI is InChI=1S/C18H15ClN4O3/c19-15-7-5-13(6-8-15)12-22-17(9-10-20-22)21-18(24)11-14-3-1-2-4-16(14)23(25)26/h1-10H,11-12H2,(H,21,24). The van der Waals surface area contributed by atoms with Gasteiger partial charge in [-0.1, -0.05) is 41.9 Å². The van der Waals surface area contributed by atoms with Crippen molar-refractivity contribution in [2.45, 2.75) is 13.0 Å². The van der Waals surface area contributed by atoms with E-state index in [-0.39, 0.29) is 18.0 Å². The Bertz CT molecular complexity index is 938. The summed E-state index contributed by atoms with van der Waals surface area (Å²) in [7, 11) is 0. The first kappa shape index (κ1) is 17.6. The van der Waals surface area contributed by atoms with Crippen molar-refractivity contribution in [3.05, 3.63) is 87.1 Å². The van der Waals surface area contributed by atoms with Crippen LogP contribution in [-0.2, 0) is 17.8 Å². The second-order valence-corrected chi connectivity index (χ2v) is 6.05. The van der Waals surface area contributed by atoms with Gasteiger partial charge in [-0.15, -0.1) is 0 Å². The maximum atomic E-state index is 12.3. The molecule has 0 aliphatic rings. The summed E-state index contributed by atoms with van der Waals surface area (Å²) in [5, 5.41) is 18.6. The number of hydrogen-bond acceptors (Lipinski definition) is 4. The molecule has 1 aromatic heterocycles. The molecule has 0 unspecified atom stereocenters. The van der Waals surface area contributed by atoms with Crippen molar-refractivity contribution in [2.75, 3.05) is 5.32 Å². The number of hydrogen-bond donors (Lipinski definition) is 1. The Labute approximate surface area is 154 Å². The summed E-state index contributed by atoms with van der Waals surface area (Å²) < 4.78 is 1.64. The van der Waals surface area contributed by atoms with Crippen LogP contribution >= 0.6 is 11.6 Å². The number of amides is 1. The molecule has 1 heterocycles. The topological polar surface area (TPSA) is 90.1 Å². The molecule has 0 aliphatic heterocycles. The highest BCUT2D eigenvalue weighted by Gasteiger charge is 2.16. The van der Waals surface area contributed by atoms with Crippen LogP contribution in [0.15, 0.2) is 60.8 Å². The normalized spacial score (nSPS) is 10.5. The molecule has 3 rings (SSSR count). The number of nitrogens with one attached hydrogen (secondary N) is 1. The highest BCUT2D eigenvalue weighted by atomic mass is 35.5. The van der Waals surface area contributed by atoms with Crippen LogP contribution in [0.25, 0.3) is 0 Å². The van der Waals surface area contributed by atoms with Crippen LogP contribution < -0.4 is 5.32 Å². The molecule has 7 nitrogen and oxygen atoms in total. The van der Waals surface area contributed by atoms with E-state index in [1.54, 1.807) is 47.3 Å². The molecule has 0 bridgehead atoms. The highest BCUT2D eigenvalue weighted by molar-refractivity contribution is 6.30. The van der Waals surface area contributed by atoms with Crippen molar-refractivity contribution in [2.24, 2.45) is 0 Å². The van der Waals surface area contributed by atoms with Crippen LogP contribution in [0.5, 0.6) is 0 Å². The van der Waals surface area contributed by atoms with Gasteiger partial charge in [-0.05, 0) is 17.7 Å². The Morgan fingerprint density at radius 2 is 1.88 bits per heavy atom. The van der Waals surface area contributed by atoms with Crippen LogP contribution in [0.3, 0.4) is 0 Å². The quantitative estimate of drug-likeness (QED) is 0.529. The van der Waals surface area contributed by atoms with Gasteiger partial charge in [0.05, 0.1) is 24.1 Å². The number of rotatable bonds is 6. The van der Waals surface area contributed by atoms with Gasteiger partial charge in [-0.2, -0.15) is 5.10 Å². The Kier molecular flexibility index (Phi) is 5.28. The number of carbonyl (C=O) groups excluding carboxylic acids is 1. The van der Waals surface area contributed by atoms with E-state index in [4.69, 9.17) is 11.6 Å². The van der Waals surface area contributed by atoms with Gasteiger partial charge in [0.2, 0.25) is 5.91 Å². The molecule has 8 heteroatoms. The Balaban J connectivity index is 1.70. The first-order valence-electron chi connectivity index (χ1n) is 7.81. The van der Waals surface area contributed by atoms with E-state index in [1.165, 1.54) is 6.07 Å². The third-order valence-electron chi connectivity index (χ3n) is 3.77. The smallest absolute Gasteiger partial charge is 0.273 e. The van der Waals surface area contributed by atoms with E-state index in [0.717, 1.165) is 5.56 Å². The fraction of sp³-hybridized carbons (Fsp3) is 0.111. The lowest BCUT2D eigenvalue weighted by Gasteiger charge is -2.09. The van der Waals surface area contributed by atoms with E-state index in [9.17, 15) is 14.9 Å². The van der Waals surface area contributed by atoms with Crippen molar-refractivity contribution >= 4 is 29.0 Å². The lowest BCUT2D eigenvalue weighted by Crippen LogP contribution is -2.18. The monoisotopic (exact) mass is 370 g/mol. The fourth-order valence-electron chi connectivity index (χ4n) is 2.53. The number of para-hydroxylation sites is 1. The minimum atomic E-state index is -0.493. The number of carbonyl (C=O) groups is 1. The summed E-state index contributed by atoms with van der Waals surface area (Å²) in [6.07, 6.45) is 1.49. The third-order valence-corrected chi connectivity index (χ3v) is 4.02. The van der Waals surface area contributed by atoms with Crippen LogP contribution in [0.1, 0.15) is 11.1 Å². The van der Waals surface area contributed by atoms with Crippen molar-refractivity contribution in [1.82, 2.24) is 9.78 Å². The van der Waals surface area contributed by atoms with Gasteiger partial charge in [0.15, 0.2) is 0 Å². The second kappa shape index (κ2) is 7.79. The average molecular weight is 371 g/mol. The SMILES string of the molecule is O=C(Cc1ccccc1[N+](=O)[O-])Nc1ccnn1Cc1ccc(Cl)cc1. The molecule has 0 spiro atoms. The van der Waals surface area contributed by atoms with Gasteiger partial charge in [0.1, 0.15) is 5.82 Å². The maximum Gasteiger partial charge on any atom is 0.273 e. The summed E-state index contributed by atoms with van der Waals surface area (Å²) in [5.74, 6) is 0.167. The van der Waals surface area contributed by atoms with E-state index in [1.807, 2.05) is 12.1 Å². The number of aromatic nitrogens is 2. The van der Waals surface area contributed by atoms with Crippen molar-refractivity contribution in [3.8, 4) is 0 Å². The number of nitro groups is 1. The molecule has 0 aliphatic carbocycles. The summed E-state index contributed by atoms with van der Waals surface area (Å²) >= 11 is 5.88. The lowest BCUT2D eigenvalue weighted by molar-refractivity contribution is -0.385. The van der Waals surface area contributed by atoms with Gasteiger partial charge in [0, 0.05) is 22.7 Å². The molecule has 0 saturated carbocycles. The van der Waals surface area contributed by atoms with Crippen LogP contribution in [-0.4, -0.2) is 20.6 Å². The van der Waals surface area contributed by atoms with Crippen molar-refractivity contribution in [3.63, 3.8) is 0 Å². The Morgan fingerprint density at radius 3 is 2.62 bits per heavy atom. The zero-order valence-electron chi connectivity index (χ0n) is 13.6. The number of anilines is 1. The van der Waals surface area contributed by atoms with Gasteiger partial charge in [-0.25, -0.2) is 4.68 Å². The largest absolute Gasteiger partial charge is 0.311 e. The Morgan fingerprint density at radius 1 is 1.15 bits per heavy atom. The summed E-state index contributed by atoms with van der Waals surface area (Å²) in [6.45, 7) is 0.464. The van der Waals surface area contributed by atoms with E-state index < -0.39 is 4.92 Å². The highest BCUT2D eigenvalue weighted by Crippen LogP contribution is 2.19. The molecule has 1 N–H and O–H groups in total. The van der Waals surface area contributed by atoms with Crippen LogP contribution in [0, 0.1) is 10.1 Å². The van der Waals surface area contributed by atoms with Gasteiger partial charge in [-0.3, -0.25) is 14.9 Å².